The molecule has 0 aliphatic carbocycles. The van der Waals surface area contributed by atoms with Crippen molar-refractivity contribution in [3.05, 3.63) is 48.2 Å². The van der Waals surface area contributed by atoms with Crippen LogP contribution in [0.3, 0.4) is 0 Å². The first kappa shape index (κ1) is 15.5. The Morgan fingerprint density at radius 3 is 2.83 bits per heavy atom. The highest BCUT2D eigenvalue weighted by Gasteiger charge is 2.34. The van der Waals surface area contributed by atoms with E-state index in [1.54, 1.807) is 18.7 Å². The number of anilines is 1. The van der Waals surface area contributed by atoms with Gasteiger partial charge in [0.15, 0.2) is 0 Å². The summed E-state index contributed by atoms with van der Waals surface area (Å²) < 4.78 is 5.46. The number of aliphatic hydroxyl groups is 1. The lowest BCUT2D eigenvalue weighted by atomic mass is 9.85. The molecule has 2 aliphatic heterocycles. The number of hydrogen-bond acceptors (Lipinski definition) is 6. The highest BCUT2D eigenvalue weighted by molar-refractivity contribution is 5.41. The summed E-state index contributed by atoms with van der Waals surface area (Å²) in [4.78, 5) is 15.2. The van der Waals surface area contributed by atoms with Crippen molar-refractivity contribution in [1.82, 2.24) is 15.0 Å². The Balaban J connectivity index is 1.47. The summed E-state index contributed by atoms with van der Waals surface area (Å²) in [6.45, 7) is 3.09. The van der Waals surface area contributed by atoms with E-state index in [1.807, 2.05) is 12.1 Å². The molecule has 0 radical (unpaired) electrons. The van der Waals surface area contributed by atoms with Gasteiger partial charge >= 0.3 is 0 Å². The Kier molecular flexibility index (Phi) is 4.16. The van der Waals surface area contributed by atoms with E-state index in [0.29, 0.717) is 18.8 Å². The second-order valence-electron chi connectivity index (χ2n) is 6.62. The molecule has 2 fully saturated rings. The molecule has 0 aromatic carbocycles. The lowest BCUT2D eigenvalue weighted by Gasteiger charge is -2.39. The predicted octanol–water partition coefficient (Wildman–Crippen LogP) is 1.86. The molecule has 1 N–H and O–H groups in total. The average Bonchev–Trinajstić information content (AvgIpc) is 3.18. The van der Waals surface area contributed by atoms with Crippen LogP contribution in [0.25, 0.3) is 0 Å². The lowest BCUT2D eigenvalue weighted by Crippen LogP contribution is -2.43. The molecule has 2 aromatic rings. The van der Waals surface area contributed by atoms with Crippen molar-refractivity contribution in [3.8, 4) is 0 Å². The third-order valence-corrected chi connectivity index (χ3v) is 5.14. The maximum atomic E-state index is 10.9. The van der Waals surface area contributed by atoms with Gasteiger partial charge in [-0.1, -0.05) is 6.07 Å². The third-order valence-electron chi connectivity index (χ3n) is 5.14. The normalized spacial score (nSPS) is 23.4. The van der Waals surface area contributed by atoms with Crippen molar-refractivity contribution in [3.63, 3.8) is 0 Å². The smallest absolute Gasteiger partial charge is 0.132 e. The van der Waals surface area contributed by atoms with Gasteiger partial charge < -0.3 is 14.7 Å². The number of rotatable bonds is 3. The molecule has 4 rings (SSSR count). The van der Waals surface area contributed by atoms with E-state index in [2.05, 4.69) is 25.9 Å². The highest BCUT2D eigenvalue weighted by atomic mass is 16.5. The summed E-state index contributed by atoms with van der Waals surface area (Å²) in [6, 6.07) is 5.90. The van der Waals surface area contributed by atoms with E-state index < -0.39 is 5.60 Å². The molecule has 24 heavy (non-hydrogen) atoms. The first-order chi connectivity index (χ1) is 11.7. The number of hydrogen-bond donors (Lipinski definition) is 1. The highest BCUT2D eigenvalue weighted by Crippen LogP contribution is 2.34. The van der Waals surface area contributed by atoms with Crippen molar-refractivity contribution in [2.24, 2.45) is 0 Å². The SMILES string of the molecule is OC1(c2cccnc2)CCN(c2cc([C@@H]3CCOC3)ncn2)CC1. The summed E-state index contributed by atoms with van der Waals surface area (Å²) in [5.41, 5.74) is 1.17. The van der Waals surface area contributed by atoms with Crippen LogP contribution < -0.4 is 4.90 Å². The van der Waals surface area contributed by atoms with Crippen LogP contribution >= 0.6 is 0 Å². The molecule has 2 saturated heterocycles. The largest absolute Gasteiger partial charge is 0.385 e. The zero-order chi connectivity index (χ0) is 16.4. The summed E-state index contributed by atoms with van der Waals surface area (Å²) in [7, 11) is 0. The molecular weight excluding hydrogens is 304 g/mol. The lowest BCUT2D eigenvalue weighted by molar-refractivity contribution is 0.0113. The van der Waals surface area contributed by atoms with Crippen molar-refractivity contribution < 1.29 is 9.84 Å². The van der Waals surface area contributed by atoms with E-state index in [1.165, 1.54) is 0 Å². The van der Waals surface area contributed by atoms with Crippen LogP contribution in [0.15, 0.2) is 36.9 Å². The first-order valence-electron chi connectivity index (χ1n) is 8.52. The Morgan fingerprint density at radius 1 is 1.25 bits per heavy atom. The second kappa shape index (κ2) is 6.45. The predicted molar refractivity (Wildman–Crippen MR) is 89.8 cm³/mol. The minimum absolute atomic E-state index is 0.379. The van der Waals surface area contributed by atoms with Gasteiger partial charge in [-0.05, 0) is 25.3 Å². The molecule has 1 atom stereocenters. The van der Waals surface area contributed by atoms with Crippen LogP contribution in [0, 0.1) is 0 Å². The molecular formula is C18H22N4O2. The Hall–Kier alpha value is -2.05. The maximum absolute atomic E-state index is 10.9. The Bertz CT molecular complexity index is 680. The Labute approximate surface area is 141 Å². The zero-order valence-corrected chi connectivity index (χ0v) is 13.6. The second-order valence-corrected chi connectivity index (χ2v) is 6.62. The zero-order valence-electron chi connectivity index (χ0n) is 13.6. The minimum Gasteiger partial charge on any atom is -0.385 e. The van der Waals surface area contributed by atoms with Crippen LogP contribution in [0.2, 0.25) is 0 Å². The standard InChI is InChI=1S/C18H22N4O2/c23-18(15-2-1-6-19-11-15)4-7-22(8-5-18)17-10-16(20-13-21-17)14-3-9-24-12-14/h1-2,6,10-11,13-14,23H,3-5,7-9,12H2/t14-/m1/s1. The summed E-state index contributed by atoms with van der Waals surface area (Å²) in [6.07, 6.45) is 7.51. The van der Waals surface area contributed by atoms with Gasteiger partial charge in [-0.3, -0.25) is 4.98 Å². The molecule has 6 nitrogen and oxygen atoms in total. The summed E-state index contributed by atoms with van der Waals surface area (Å²) in [5.74, 6) is 1.32. The number of piperidine rings is 1. The maximum Gasteiger partial charge on any atom is 0.132 e. The van der Waals surface area contributed by atoms with Crippen molar-refractivity contribution in [1.29, 1.82) is 0 Å². The molecule has 0 spiro atoms. The van der Waals surface area contributed by atoms with E-state index in [9.17, 15) is 5.11 Å². The number of aromatic nitrogens is 3. The van der Waals surface area contributed by atoms with Crippen LogP contribution in [0.4, 0.5) is 5.82 Å². The van der Waals surface area contributed by atoms with Gasteiger partial charge in [0.25, 0.3) is 0 Å². The van der Waals surface area contributed by atoms with Crippen molar-refractivity contribution in [2.45, 2.75) is 30.8 Å². The van der Waals surface area contributed by atoms with E-state index >= 15 is 0 Å². The number of nitrogens with zero attached hydrogens (tertiary/aromatic N) is 4. The molecule has 0 unspecified atom stereocenters. The van der Waals surface area contributed by atoms with Gasteiger partial charge in [0.1, 0.15) is 12.1 Å². The molecule has 0 amide bonds. The molecule has 0 saturated carbocycles. The summed E-state index contributed by atoms with van der Waals surface area (Å²) in [5, 5.41) is 10.9. The Morgan fingerprint density at radius 2 is 2.12 bits per heavy atom. The summed E-state index contributed by atoms with van der Waals surface area (Å²) >= 11 is 0. The van der Waals surface area contributed by atoms with E-state index in [0.717, 1.165) is 49.8 Å². The van der Waals surface area contributed by atoms with Crippen LogP contribution in [0.5, 0.6) is 0 Å². The van der Waals surface area contributed by atoms with Crippen molar-refractivity contribution >= 4 is 5.82 Å². The van der Waals surface area contributed by atoms with Gasteiger partial charge in [0.2, 0.25) is 0 Å². The molecule has 6 heteroatoms. The van der Waals surface area contributed by atoms with Crippen molar-refractivity contribution in [2.75, 3.05) is 31.2 Å². The molecule has 2 aromatic heterocycles. The molecule has 0 bridgehead atoms. The monoisotopic (exact) mass is 326 g/mol. The van der Waals surface area contributed by atoms with Crippen LogP contribution in [0.1, 0.15) is 36.4 Å². The van der Waals surface area contributed by atoms with Crippen LogP contribution in [-0.4, -0.2) is 46.4 Å². The van der Waals surface area contributed by atoms with Gasteiger partial charge in [-0.2, -0.15) is 0 Å². The molecule has 126 valence electrons. The fraction of sp³-hybridized carbons (Fsp3) is 0.500. The van der Waals surface area contributed by atoms with Crippen LogP contribution in [-0.2, 0) is 10.3 Å². The average molecular weight is 326 g/mol. The van der Waals surface area contributed by atoms with E-state index in [-0.39, 0.29) is 0 Å². The van der Waals surface area contributed by atoms with Gasteiger partial charge in [0.05, 0.1) is 17.9 Å². The fourth-order valence-corrected chi connectivity index (χ4v) is 3.56. The third kappa shape index (κ3) is 2.99. The first-order valence-corrected chi connectivity index (χ1v) is 8.52. The van der Waals surface area contributed by atoms with Gasteiger partial charge in [-0.15, -0.1) is 0 Å². The number of pyridine rings is 1. The van der Waals surface area contributed by atoms with Gasteiger partial charge in [0, 0.05) is 49.6 Å². The van der Waals surface area contributed by atoms with Gasteiger partial charge in [-0.25, -0.2) is 9.97 Å². The van der Waals surface area contributed by atoms with E-state index in [4.69, 9.17) is 4.74 Å². The molecule has 2 aliphatic rings. The minimum atomic E-state index is -0.792. The fourth-order valence-electron chi connectivity index (χ4n) is 3.56. The molecule has 4 heterocycles. The topological polar surface area (TPSA) is 71.4 Å². The number of ether oxygens (including phenoxy) is 1. The quantitative estimate of drug-likeness (QED) is 0.928.